The van der Waals surface area contributed by atoms with Crippen LogP contribution in [0.15, 0.2) is 90.5 Å². The average molecular weight is 769 g/mol. The van der Waals surface area contributed by atoms with Crippen molar-refractivity contribution >= 4 is 69.3 Å². The second kappa shape index (κ2) is 13.5. The first-order valence-electron chi connectivity index (χ1n) is 17.7. The third-order valence-electron chi connectivity index (χ3n) is 11.7. The molecule has 8 rings (SSSR count). The molecule has 2 saturated heterocycles. The van der Waals surface area contributed by atoms with Crippen LogP contribution in [0.2, 0.25) is 10.0 Å². The number of phenolic OH excluding ortho intramolecular Hbond substituents is 1. The summed E-state index contributed by atoms with van der Waals surface area (Å²) in [6.07, 6.45) is 2.04. The van der Waals surface area contributed by atoms with Gasteiger partial charge >= 0.3 is 5.97 Å². The van der Waals surface area contributed by atoms with Gasteiger partial charge in [0, 0.05) is 34.9 Å². The van der Waals surface area contributed by atoms with Crippen LogP contribution in [-0.2, 0) is 29.4 Å². The molecule has 0 radical (unpaired) electrons. The van der Waals surface area contributed by atoms with Gasteiger partial charge in [-0.1, -0.05) is 83.4 Å². The Morgan fingerprint density at radius 1 is 0.944 bits per heavy atom. The number of carbonyl (C=O) groups is 5. The smallest absolute Gasteiger partial charge is 0.303 e. The molecule has 2 aliphatic carbocycles. The number of nitrogens with zero attached hydrogens (tertiary/aromatic N) is 2. The molecule has 4 aromatic rings. The molecule has 3 fully saturated rings. The van der Waals surface area contributed by atoms with Crippen molar-refractivity contribution in [2.24, 2.45) is 23.7 Å². The normalized spacial score (nSPS) is 26.1. The second-order valence-electron chi connectivity index (χ2n) is 14.3. The zero-order valence-electron chi connectivity index (χ0n) is 29.0. The number of hydrogen-bond acceptors (Lipinski definition) is 8. The number of methoxy groups -OCH3 is 1. The number of phenols is 1. The number of carbonyl (C=O) groups excluding carboxylic acids is 4. The molecule has 0 bridgehead atoms. The number of amides is 4. The van der Waals surface area contributed by atoms with Gasteiger partial charge in [0.05, 0.1) is 41.0 Å². The largest absolute Gasteiger partial charge is 0.507 e. The molecule has 13 heteroatoms. The van der Waals surface area contributed by atoms with Crippen LogP contribution >= 0.6 is 23.2 Å². The Balaban J connectivity index is 1.34. The highest BCUT2D eigenvalue weighted by Crippen LogP contribution is 2.65. The van der Waals surface area contributed by atoms with Gasteiger partial charge in [-0.15, -0.1) is 0 Å². The van der Waals surface area contributed by atoms with Crippen LogP contribution in [0.1, 0.15) is 42.7 Å². The van der Waals surface area contributed by atoms with Crippen molar-refractivity contribution in [2.45, 2.75) is 37.0 Å². The summed E-state index contributed by atoms with van der Waals surface area (Å²) in [6.45, 7) is -0.0376. The molecule has 3 N–H and O–H groups in total. The van der Waals surface area contributed by atoms with Gasteiger partial charge in [-0.05, 0) is 66.5 Å². The highest BCUT2D eigenvalue weighted by molar-refractivity contribution is 6.36. The van der Waals surface area contributed by atoms with Crippen LogP contribution in [0.3, 0.4) is 0 Å². The fraction of sp³-hybridized carbons (Fsp3) is 0.293. The minimum atomic E-state index is -1.64. The Bertz CT molecular complexity index is 2290. The van der Waals surface area contributed by atoms with Crippen molar-refractivity contribution in [2.75, 3.05) is 19.1 Å². The Labute approximate surface area is 320 Å². The fourth-order valence-corrected chi connectivity index (χ4v) is 9.82. The summed E-state index contributed by atoms with van der Waals surface area (Å²) < 4.78 is 5.46. The number of nitrogens with one attached hydrogen (secondary N) is 1. The second-order valence-corrected chi connectivity index (χ2v) is 15.1. The molecule has 276 valence electrons. The number of allylic oxidation sites excluding steroid dienone is 2. The summed E-state index contributed by atoms with van der Waals surface area (Å²) in [6, 6.07) is 22.5. The molecular weight excluding hydrogens is 733 g/mol. The van der Waals surface area contributed by atoms with E-state index in [0.29, 0.717) is 32.9 Å². The lowest BCUT2D eigenvalue weighted by molar-refractivity contribution is -0.142. The molecule has 4 aliphatic rings. The molecule has 11 nitrogen and oxygen atoms in total. The van der Waals surface area contributed by atoms with Crippen molar-refractivity contribution in [3.8, 4) is 11.5 Å². The van der Waals surface area contributed by atoms with Gasteiger partial charge < -0.3 is 14.9 Å². The number of imide groups is 2. The number of aromatic hydroxyl groups is 1. The lowest BCUT2D eigenvalue weighted by Crippen LogP contribution is -2.53. The molecule has 0 aromatic heterocycles. The van der Waals surface area contributed by atoms with Crippen LogP contribution in [0.4, 0.5) is 5.69 Å². The van der Waals surface area contributed by atoms with Crippen molar-refractivity contribution in [1.82, 2.24) is 9.91 Å². The highest BCUT2D eigenvalue weighted by atomic mass is 35.5. The van der Waals surface area contributed by atoms with Gasteiger partial charge in [-0.25, -0.2) is 0 Å². The van der Waals surface area contributed by atoms with Crippen LogP contribution in [0, 0.1) is 23.7 Å². The summed E-state index contributed by atoms with van der Waals surface area (Å²) in [5.41, 5.74) is 3.16. The molecule has 0 spiro atoms. The third kappa shape index (κ3) is 5.35. The highest BCUT2D eigenvalue weighted by Gasteiger charge is 2.70. The first-order chi connectivity index (χ1) is 26.0. The van der Waals surface area contributed by atoms with Gasteiger partial charge in [0.1, 0.15) is 11.5 Å². The minimum Gasteiger partial charge on any atom is -0.507 e. The lowest BCUT2D eigenvalue weighted by atomic mass is 9.49. The number of benzene rings is 4. The van der Waals surface area contributed by atoms with Crippen LogP contribution in [0.5, 0.6) is 11.5 Å². The number of rotatable bonds is 9. The number of aliphatic carboxylic acids is 1. The summed E-state index contributed by atoms with van der Waals surface area (Å²) in [5.74, 6) is -6.78. The number of carboxylic acid groups (broad SMARTS) is 1. The Kier molecular flexibility index (Phi) is 8.89. The summed E-state index contributed by atoms with van der Waals surface area (Å²) in [5, 5.41) is 24.2. The Morgan fingerprint density at radius 2 is 1.70 bits per heavy atom. The summed E-state index contributed by atoms with van der Waals surface area (Å²) in [4.78, 5) is 70.9. The van der Waals surface area contributed by atoms with Gasteiger partial charge in [0.25, 0.3) is 11.8 Å². The summed E-state index contributed by atoms with van der Waals surface area (Å²) >= 11 is 12.7. The standard InChI is InChI=1S/C41H35Cl2N3O8/c1-54-24-12-9-22(10-13-24)41-30(38(51)46(40(41)53)44-32-17-11-23(42)19-31(32)43)20-29-26(35(41)28-14-8-21-5-2-3-6-25(21)36(28)49)15-16-27-34(29)39(52)45(37(27)50)18-4-7-33(47)48/h2-3,5-6,8-15,17,19,27,29-30,34-35,44,49H,4,7,16,18,20H2,1H3,(H,47,48)/t27-,29+,30-,34-,35+,41+/m0/s1. The zero-order chi connectivity index (χ0) is 38.1. The van der Waals surface area contributed by atoms with Crippen LogP contribution in [-0.4, -0.2) is 63.4 Å². The number of likely N-dealkylation sites (tertiary alicyclic amines) is 1. The maximum Gasteiger partial charge on any atom is 0.303 e. The van der Waals surface area contributed by atoms with E-state index in [1.807, 2.05) is 24.3 Å². The molecule has 2 aliphatic heterocycles. The maximum absolute atomic E-state index is 15.5. The van der Waals surface area contributed by atoms with E-state index in [1.165, 1.54) is 13.2 Å². The van der Waals surface area contributed by atoms with Gasteiger partial charge in [0.15, 0.2) is 0 Å². The predicted molar refractivity (Wildman–Crippen MR) is 200 cm³/mol. The first kappa shape index (κ1) is 35.6. The SMILES string of the molecule is COc1ccc([C@@]23C(=O)N(Nc4ccc(Cl)cc4Cl)C(=O)[C@@H]2C[C@@H]2C(=CC[C@@H]4C(=O)N(CCCC(=O)O)C(=O)[C@@H]42)[C@@H]3c2ccc3ccccc3c2O)cc1. The summed E-state index contributed by atoms with van der Waals surface area (Å²) in [7, 11) is 1.52. The number of halogens is 2. The van der Waals surface area contributed by atoms with E-state index in [2.05, 4.69) is 5.43 Å². The van der Waals surface area contributed by atoms with Crippen LogP contribution in [0.25, 0.3) is 10.8 Å². The zero-order valence-corrected chi connectivity index (χ0v) is 30.5. The first-order valence-corrected chi connectivity index (χ1v) is 18.4. The van der Waals surface area contributed by atoms with E-state index in [-0.39, 0.29) is 54.6 Å². The molecule has 54 heavy (non-hydrogen) atoms. The van der Waals surface area contributed by atoms with E-state index in [9.17, 15) is 29.4 Å². The molecule has 4 amide bonds. The quantitative estimate of drug-likeness (QED) is 0.125. The molecule has 0 unspecified atom stereocenters. The van der Waals surface area contributed by atoms with Gasteiger partial charge in [-0.3, -0.25) is 34.3 Å². The van der Waals surface area contributed by atoms with Crippen molar-refractivity contribution < 1.29 is 38.9 Å². The molecule has 1 saturated carbocycles. The number of fused-ring (bicyclic) bond motifs is 5. The number of anilines is 1. The van der Waals surface area contributed by atoms with E-state index in [4.69, 9.17) is 27.9 Å². The Morgan fingerprint density at radius 3 is 2.43 bits per heavy atom. The molecule has 4 aromatic carbocycles. The maximum atomic E-state index is 15.5. The molecule has 6 atom stereocenters. The number of hydrogen-bond donors (Lipinski definition) is 3. The third-order valence-corrected chi connectivity index (χ3v) is 12.2. The van der Waals surface area contributed by atoms with Crippen molar-refractivity contribution in [3.63, 3.8) is 0 Å². The number of hydrazine groups is 1. The molecular formula is C41H35Cl2N3O8. The monoisotopic (exact) mass is 767 g/mol. The van der Waals surface area contributed by atoms with E-state index in [0.717, 1.165) is 15.3 Å². The predicted octanol–water partition coefficient (Wildman–Crippen LogP) is 6.71. The number of carboxylic acids is 1. The topological polar surface area (TPSA) is 154 Å². The lowest BCUT2D eigenvalue weighted by Gasteiger charge is -2.50. The fourth-order valence-electron chi connectivity index (χ4n) is 9.37. The van der Waals surface area contributed by atoms with Gasteiger partial charge in [0.2, 0.25) is 11.8 Å². The van der Waals surface area contributed by atoms with Crippen LogP contribution < -0.4 is 10.2 Å². The average Bonchev–Trinajstić information content (AvgIpc) is 3.53. The van der Waals surface area contributed by atoms with Crippen molar-refractivity contribution in [3.05, 3.63) is 112 Å². The number of ether oxygens (including phenoxy) is 1. The Hall–Kier alpha value is -5.39. The van der Waals surface area contributed by atoms with E-state index >= 15 is 4.79 Å². The van der Waals surface area contributed by atoms with E-state index in [1.54, 1.807) is 54.6 Å². The van der Waals surface area contributed by atoms with Crippen molar-refractivity contribution in [1.29, 1.82) is 0 Å². The minimum absolute atomic E-state index is 0.0376. The van der Waals surface area contributed by atoms with Gasteiger partial charge in [-0.2, -0.15) is 5.01 Å². The van der Waals surface area contributed by atoms with E-state index < -0.39 is 58.7 Å². The molecule has 2 heterocycles.